The van der Waals surface area contributed by atoms with Crippen LogP contribution >= 0.6 is 11.3 Å². The van der Waals surface area contributed by atoms with E-state index >= 15 is 0 Å². The molecule has 46 heavy (non-hydrogen) atoms. The number of esters is 1. The van der Waals surface area contributed by atoms with E-state index in [0.29, 0.717) is 11.3 Å². The molecule has 1 atom stereocenters. The Hall–Kier alpha value is -2.54. The van der Waals surface area contributed by atoms with Crippen LogP contribution in [0, 0.1) is 16.2 Å². The number of fused-ring (bicyclic) bond motifs is 1. The van der Waals surface area contributed by atoms with Gasteiger partial charge in [0.1, 0.15) is 17.0 Å². The highest BCUT2D eigenvalue weighted by atomic mass is 32.1. The molecule has 0 saturated heterocycles. The van der Waals surface area contributed by atoms with E-state index in [1.807, 2.05) is 67.5 Å². The fraction of sp³-hybridized carbons (Fsp3) is 0.615. The molecular formula is C39H55F3O3S. The molecule has 0 amide bonds. The van der Waals surface area contributed by atoms with Crippen molar-refractivity contribution in [2.45, 2.75) is 139 Å². The molecule has 0 fully saturated rings. The van der Waals surface area contributed by atoms with Crippen LogP contribution in [-0.2, 0) is 22.1 Å². The fourth-order valence-electron chi connectivity index (χ4n) is 6.48. The minimum Gasteiger partial charge on any atom is -0.488 e. The van der Waals surface area contributed by atoms with Crippen molar-refractivity contribution in [2.75, 3.05) is 0 Å². The molecule has 1 heterocycles. The third kappa shape index (κ3) is 9.74. The summed E-state index contributed by atoms with van der Waals surface area (Å²) < 4.78 is 56.8. The molecule has 3 aromatic rings. The van der Waals surface area contributed by atoms with E-state index in [2.05, 4.69) is 39.8 Å². The van der Waals surface area contributed by atoms with Gasteiger partial charge in [0.05, 0.1) is 11.0 Å². The van der Waals surface area contributed by atoms with Crippen LogP contribution in [0.1, 0.15) is 126 Å². The van der Waals surface area contributed by atoms with Gasteiger partial charge in [-0.25, -0.2) is 0 Å². The topological polar surface area (TPSA) is 35.5 Å². The van der Waals surface area contributed by atoms with Crippen molar-refractivity contribution in [1.82, 2.24) is 0 Å². The van der Waals surface area contributed by atoms with E-state index in [9.17, 15) is 18.0 Å². The predicted octanol–water partition coefficient (Wildman–Crippen LogP) is 12.7. The number of unbranched alkanes of at least 4 members (excludes halogenated alkanes) is 2. The normalized spacial score (nSPS) is 14.8. The molecule has 0 aliphatic rings. The molecule has 7 heteroatoms. The molecule has 0 saturated carbocycles. The lowest BCUT2D eigenvalue weighted by molar-refractivity contribution is -0.181. The molecule has 0 bridgehead atoms. The number of alkyl halides is 3. The molecule has 0 N–H and O–H groups in total. The summed E-state index contributed by atoms with van der Waals surface area (Å²) in [5, 5.41) is 0.963. The minimum absolute atomic E-state index is 0.0943. The monoisotopic (exact) mass is 660 g/mol. The summed E-state index contributed by atoms with van der Waals surface area (Å²) in [5.41, 5.74) is -2.42. The second kappa shape index (κ2) is 13.5. The number of thiophene rings is 1. The summed E-state index contributed by atoms with van der Waals surface area (Å²) in [7, 11) is 0. The highest BCUT2D eigenvalue weighted by molar-refractivity contribution is 7.22. The van der Waals surface area contributed by atoms with Gasteiger partial charge in [-0.3, -0.25) is 4.79 Å². The Kier molecular flexibility index (Phi) is 11.1. The second-order valence-electron chi connectivity index (χ2n) is 16.7. The Labute approximate surface area is 279 Å². The maximum Gasteiger partial charge on any atom is 0.417 e. The van der Waals surface area contributed by atoms with Crippen LogP contribution in [0.4, 0.5) is 13.2 Å². The van der Waals surface area contributed by atoms with Gasteiger partial charge in [-0.15, -0.1) is 11.3 Å². The van der Waals surface area contributed by atoms with Crippen molar-refractivity contribution in [3.8, 4) is 16.2 Å². The molecule has 0 radical (unpaired) electrons. The molecule has 256 valence electrons. The maximum absolute atomic E-state index is 14.5. The number of ether oxygens (including phenoxy) is 2. The van der Waals surface area contributed by atoms with Crippen molar-refractivity contribution in [2.24, 2.45) is 16.2 Å². The van der Waals surface area contributed by atoms with Crippen molar-refractivity contribution in [1.29, 1.82) is 0 Å². The molecule has 1 aromatic heterocycles. The number of hydrogen-bond donors (Lipinski definition) is 0. The number of rotatable bonds is 12. The third-order valence-corrected chi connectivity index (χ3v) is 9.97. The largest absolute Gasteiger partial charge is 0.488 e. The predicted molar refractivity (Wildman–Crippen MR) is 187 cm³/mol. The van der Waals surface area contributed by atoms with E-state index in [0.717, 1.165) is 41.8 Å². The van der Waals surface area contributed by atoms with Crippen LogP contribution in [0.15, 0.2) is 42.5 Å². The highest BCUT2D eigenvalue weighted by Crippen LogP contribution is 2.49. The summed E-state index contributed by atoms with van der Waals surface area (Å²) in [6.45, 7) is 23.9. The number of benzene rings is 2. The zero-order chi connectivity index (χ0) is 34.9. The second-order valence-corrected chi connectivity index (χ2v) is 17.7. The third-order valence-electron chi connectivity index (χ3n) is 8.82. The van der Waals surface area contributed by atoms with E-state index < -0.39 is 28.4 Å². The van der Waals surface area contributed by atoms with Crippen LogP contribution < -0.4 is 4.74 Å². The first-order chi connectivity index (χ1) is 20.9. The van der Waals surface area contributed by atoms with E-state index in [4.69, 9.17) is 9.47 Å². The Balaban J connectivity index is 1.85. The summed E-state index contributed by atoms with van der Waals surface area (Å²) in [4.78, 5) is 14.3. The molecule has 3 rings (SSSR count). The van der Waals surface area contributed by atoms with Crippen LogP contribution in [0.25, 0.3) is 20.5 Å². The van der Waals surface area contributed by atoms with E-state index in [-0.39, 0.29) is 34.5 Å². The van der Waals surface area contributed by atoms with Crippen LogP contribution in [0.5, 0.6) is 5.75 Å². The number of carbonyl (C=O) groups excluding carboxylic acids is 1. The average molecular weight is 661 g/mol. The molecular weight excluding hydrogens is 605 g/mol. The Morgan fingerprint density at radius 3 is 2.00 bits per heavy atom. The first kappa shape index (κ1) is 37.9. The van der Waals surface area contributed by atoms with Gasteiger partial charge in [-0.2, -0.15) is 13.2 Å². The van der Waals surface area contributed by atoms with Crippen LogP contribution in [0.2, 0.25) is 0 Å². The van der Waals surface area contributed by atoms with Crippen molar-refractivity contribution in [3.05, 3.63) is 53.6 Å². The van der Waals surface area contributed by atoms with Crippen molar-refractivity contribution < 1.29 is 27.4 Å². The fourth-order valence-corrected chi connectivity index (χ4v) is 7.56. The Bertz CT molecular complexity index is 1500. The van der Waals surface area contributed by atoms with Gasteiger partial charge in [0.25, 0.3) is 0 Å². The Morgan fingerprint density at radius 1 is 0.783 bits per heavy atom. The minimum atomic E-state index is -4.57. The molecule has 0 aliphatic heterocycles. The standard InChI is InChI=1S/C39H55F3O3S/c1-13-14-15-16-26-17-20-31-27(21-26)22-32(46-31)29-19-18-28(23-30(29)39(40,41)42)44-36(8,9)25-37(10,11)45-33(43)38(12,35(5,6)7)24-34(2,3)4/h17-23H,13-16,24-25H2,1-12H3. The van der Waals surface area contributed by atoms with E-state index in [1.54, 1.807) is 6.07 Å². The van der Waals surface area contributed by atoms with Gasteiger partial charge in [-0.1, -0.05) is 73.4 Å². The lowest BCUT2D eigenvalue weighted by atomic mass is 9.61. The number of hydrogen-bond acceptors (Lipinski definition) is 4. The zero-order valence-electron chi connectivity index (χ0n) is 30.1. The van der Waals surface area contributed by atoms with Crippen LogP contribution in [-0.4, -0.2) is 17.2 Å². The summed E-state index contributed by atoms with van der Waals surface area (Å²) >= 11 is 1.37. The first-order valence-corrected chi connectivity index (χ1v) is 17.3. The lowest BCUT2D eigenvalue weighted by Crippen LogP contribution is -2.48. The summed E-state index contributed by atoms with van der Waals surface area (Å²) in [6, 6.07) is 12.3. The van der Waals surface area contributed by atoms with Crippen molar-refractivity contribution in [3.63, 3.8) is 0 Å². The highest BCUT2D eigenvalue weighted by Gasteiger charge is 2.49. The van der Waals surface area contributed by atoms with Gasteiger partial charge in [0, 0.05) is 21.6 Å². The molecule has 3 nitrogen and oxygen atoms in total. The lowest BCUT2D eigenvalue weighted by Gasteiger charge is -2.45. The first-order valence-electron chi connectivity index (χ1n) is 16.5. The Morgan fingerprint density at radius 2 is 1.43 bits per heavy atom. The van der Waals surface area contributed by atoms with Gasteiger partial charge in [0.2, 0.25) is 0 Å². The molecule has 1 unspecified atom stereocenters. The number of halogens is 3. The van der Waals surface area contributed by atoms with Gasteiger partial charge in [-0.05, 0) is 106 Å². The SMILES string of the molecule is CCCCCc1ccc2sc(-c3ccc(OC(C)(C)CC(C)(C)OC(=O)C(C)(CC(C)(C)C)C(C)(C)C)cc3C(F)(F)F)cc2c1. The van der Waals surface area contributed by atoms with Gasteiger partial charge >= 0.3 is 12.1 Å². The summed E-state index contributed by atoms with van der Waals surface area (Å²) in [6.07, 6.45) is 0.715. The maximum atomic E-state index is 14.5. The zero-order valence-corrected chi connectivity index (χ0v) is 30.9. The molecule has 0 aliphatic carbocycles. The average Bonchev–Trinajstić information content (AvgIpc) is 3.28. The molecule has 2 aromatic carbocycles. The van der Waals surface area contributed by atoms with Crippen LogP contribution in [0.3, 0.4) is 0 Å². The smallest absolute Gasteiger partial charge is 0.417 e. The number of carbonyl (C=O) groups is 1. The summed E-state index contributed by atoms with van der Waals surface area (Å²) in [5.74, 6) is -0.161. The number of aryl methyl sites for hydroxylation is 1. The van der Waals surface area contributed by atoms with Gasteiger partial charge in [0.15, 0.2) is 0 Å². The quantitative estimate of drug-likeness (QED) is 0.143. The molecule has 0 spiro atoms. The van der Waals surface area contributed by atoms with Crippen molar-refractivity contribution >= 4 is 27.4 Å². The van der Waals surface area contributed by atoms with E-state index in [1.165, 1.54) is 23.0 Å². The van der Waals surface area contributed by atoms with Gasteiger partial charge < -0.3 is 9.47 Å².